The highest BCUT2D eigenvalue weighted by atomic mass is 14.9. The Morgan fingerprint density at radius 3 is 2.77 bits per heavy atom. The van der Waals surface area contributed by atoms with Gasteiger partial charge in [0.1, 0.15) is 0 Å². The molecule has 1 aliphatic rings. The molecule has 0 aromatic heterocycles. The molecule has 0 aromatic carbocycles. The van der Waals surface area contributed by atoms with Crippen LogP contribution in [0.25, 0.3) is 0 Å². The van der Waals surface area contributed by atoms with Gasteiger partial charge in [-0.05, 0) is 25.3 Å². The molecule has 1 aliphatic carbocycles. The van der Waals surface area contributed by atoms with E-state index in [0.717, 1.165) is 18.9 Å². The highest BCUT2D eigenvalue weighted by Gasteiger charge is 2.20. The Hall–Kier alpha value is -0.480. The van der Waals surface area contributed by atoms with Crippen molar-refractivity contribution in [1.82, 2.24) is 5.32 Å². The fourth-order valence-electron chi connectivity index (χ4n) is 1.86. The molecule has 13 heavy (non-hydrogen) atoms. The van der Waals surface area contributed by atoms with Gasteiger partial charge in [0.15, 0.2) is 0 Å². The smallest absolute Gasteiger partial charge is 0.0240 e. The minimum Gasteiger partial charge on any atom is -0.313 e. The van der Waals surface area contributed by atoms with Gasteiger partial charge in [0.05, 0.1) is 0 Å². The molecule has 74 valence electrons. The van der Waals surface area contributed by atoms with E-state index < -0.39 is 0 Å². The summed E-state index contributed by atoms with van der Waals surface area (Å²) >= 11 is 0. The number of hydrogen-bond acceptors (Lipinski definition) is 1. The predicted octanol–water partition coefficient (Wildman–Crippen LogP) is 2.57. The molecule has 1 rings (SSSR count). The van der Waals surface area contributed by atoms with Gasteiger partial charge in [-0.2, -0.15) is 0 Å². The van der Waals surface area contributed by atoms with Crippen LogP contribution in [0.2, 0.25) is 0 Å². The predicted molar refractivity (Wildman–Crippen MR) is 57.5 cm³/mol. The molecule has 0 heterocycles. The van der Waals surface area contributed by atoms with E-state index in [2.05, 4.69) is 18.2 Å². The van der Waals surface area contributed by atoms with Crippen molar-refractivity contribution >= 4 is 0 Å². The molecule has 1 unspecified atom stereocenters. The van der Waals surface area contributed by atoms with Crippen LogP contribution < -0.4 is 5.32 Å². The maximum atomic E-state index is 5.35. The molecule has 0 aromatic rings. The number of rotatable bonds is 6. The topological polar surface area (TPSA) is 12.0 Å². The summed E-state index contributed by atoms with van der Waals surface area (Å²) in [4.78, 5) is 0. The summed E-state index contributed by atoms with van der Waals surface area (Å²) in [7, 11) is 0. The third-order valence-electron chi connectivity index (χ3n) is 2.89. The van der Waals surface area contributed by atoms with Crippen LogP contribution in [0.4, 0.5) is 0 Å². The fourth-order valence-corrected chi connectivity index (χ4v) is 1.86. The summed E-state index contributed by atoms with van der Waals surface area (Å²) in [5.74, 6) is 3.73. The van der Waals surface area contributed by atoms with Crippen LogP contribution in [0.15, 0.2) is 0 Å². The summed E-state index contributed by atoms with van der Waals surface area (Å²) in [5.41, 5.74) is 0. The molecule has 0 spiro atoms. The Kier molecular flexibility index (Phi) is 4.93. The highest BCUT2D eigenvalue weighted by Crippen LogP contribution is 2.30. The first-order chi connectivity index (χ1) is 6.36. The standard InChI is InChI=1S/C12H21N/c1-3-6-12(13-9-4-2)10-11-7-5-8-11/h1,11-13H,4-10H2,2H3. The lowest BCUT2D eigenvalue weighted by Crippen LogP contribution is -2.33. The second-order valence-electron chi connectivity index (χ2n) is 4.09. The molecule has 0 aliphatic heterocycles. The lowest BCUT2D eigenvalue weighted by atomic mass is 9.80. The quantitative estimate of drug-likeness (QED) is 0.618. The van der Waals surface area contributed by atoms with Crippen molar-refractivity contribution in [2.24, 2.45) is 5.92 Å². The van der Waals surface area contributed by atoms with Crippen LogP contribution in [-0.2, 0) is 0 Å². The van der Waals surface area contributed by atoms with E-state index >= 15 is 0 Å². The summed E-state index contributed by atoms with van der Waals surface area (Å²) < 4.78 is 0. The molecule has 1 atom stereocenters. The van der Waals surface area contributed by atoms with Gasteiger partial charge in [-0.15, -0.1) is 12.3 Å². The van der Waals surface area contributed by atoms with Gasteiger partial charge in [-0.1, -0.05) is 26.2 Å². The van der Waals surface area contributed by atoms with E-state index in [4.69, 9.17) is 6.42 Å². The van der Waals surface area contributed by atoms with Crippen LogP contribution in [0.3, 0.4) is 0 Å². The third-order valence-corrected chi connectivity index (χ3v) is 2.89. The zero-order valence-corrected chi connectivity index (χ0v) is 8.68. The van der Waals surface area contributed by atoms with Gasteiger partial charge >= 0.3 is 0 Å². The number of hydrogen-bond donors (Lipinski definition) is 1. The second-order valence-corrected chi connectivity index (χ2v) is 4.09. The second kappa shape index (κ2) is 6.05. The van der Waals surface area contributed by atoms with E-state index in [0.29, 0.717) is 6.04 Å². The van der Waals surface area contributed by atoms with Gasteiger partial charge < -0.3 is 5.32 Å². The average Bonchev–Trinajstić information content (AvgIpc) is 2.07. The summed E-state index contributed by atoms with van der Waals surface area (Å²) in [6.07, 6.45) is 13.0. The van der Waals surface area contributed by atoms with Crippen molar-refractivity contribution in [1.29, 1.82) is 0 Å². The van der Waals surface area contributed by atoms with E-state index in [9.17, 15) is 0 Å². The SMILES string of the molecule is C#CCC(CC1CCC1)NCCC. The molecule has 0 saturated heterocycles. The molecule has 1 heteroatoms. The van der Waals surface area contributed by atoms with Crippen molar-refractivity contribution in [3.63, 3.8) is 0 Å². The Morgan fingerprint density at radius 1 is 1.54 bits per heavy atom. The molecule has 1 fully saturated rings. The van der Waals surface area contributed by atoms with Crippen molar-refractivity contribution in [2.45, 2.75) is 51.5 Å². The first kappa shape index (κ1) is 10.6. The summed E-state index contributed by atoms with van der Waals surface area (Å²) in [6, 6.07) is 0.579. The first-order valence-corrected chi connectivity index (χ1v) is 5.53. The maximum Gasteiger partial charge on any atom is 0.0240 e. The Labute approximate surface area is 82.3 Å². The normalized spacial score (nSPS) is 19.1. The van der Waals surface area contributed by atoms with Crippen molar-refractivity contribution in [3.8, 4) is 12.3 Å². The van der Waals surface area contributed by atoms with Crippen LogP contribution in [0.1, 0.15) is 45.4 Å². The lowest BCUT2D eigenvalue weighted by molar-refractivity contribution is 0.261. The van der Waals surface area contributed by atoms with Crippen molar-refractivity contribution < 1.29 is 0 Å². The van der Waals surface area contributed by atoms with Gasteiger partial charge in [0.2, 0.25) is 0 Å². The van der Waals surface area contributed by atoms with Crippen LogP contribution in [0.5, 0.6) is 0 Å². The summed E-state index contributed by atoms with van der Waals surface area (Å²) in [5, 5.41) is 3.53. The van der Waals surface area contributed by atoms with E-state index in [1.807, 2.05) is 0 Å². The van der Waals surface area contributed by atoms with Crippen molar-refractivity contribution in [2.75, 3.05) is 6.54 Å². The van der Waals surface area contributed by atoms with Gasteiger partial charge in [-0.3, -0.25) is 0 Å². The van der Waals surface area contributed by atoms with E-state index in [1.165, 1.54) is 32.1 Å². The molecule has 1 nitrogen and oxygen atoms in total. The lowest BCUT2D eigenvalue weighted by Gasteiger charge is -2.29. The van der Waals surface area contributed by atoms with Gasteiger partial charge in [0.25, 0.3) is 0 Å². The molecule has 1 saturated carbocycles. The molecular weight excluding hydrogens is 158 g/mol. The minimum atomic E-state index is 0.579. The third kappa shape index (κ3) is 3.83. The fraction of sp³-hybridized carbons (Fsp3) is 0.833. The molecular formula is C12H21N. The van der Waals surface area contributed by atoms with Gasteiger partial charge in [0, 0.05) is 12.5 Å². The molecule has 0 radical (unpaired) electrons. The van der Waals surface area contributed by atoms with Gasteiger partial charge in [-0.25, -0.2) is 0 Å². The zero-order valence-electron chi connectivity index (χ0n) is 8.68. The molecule has 0 amide bonds. The minimum absolute atomic E-state index is 0.579. The highest BCUT2D eigenvalue weighted by molar-refractivity contribution is 4.91. The molecule has 0 bridgehead atoms. The van der Waals surface area contributed by atoms with E-state index in [1.54, 1.807) is 0 Å². The number of terminal acetylenes is 1. The monoisotopic (exact) mass is 179 g/mol. The Morgan fingerprint density at radius 2 is 2.31 bits per heavy atom. The molecule has 1 N–H and O–H groups in total. The number of nitrogens with one attached hydrogen (secondary N) is 1. The first-order valence-electron chi connectivity index (χ1n) is 5.53. The van der Waals surface area contributed by atoms with Crippen LogP contribution in [0, 0.1) is 18.3 Å². The van der Waals surface area contributed by atoms with Crippen molar-refractivity contribution in [3.05, 3.63) is 0 Å². The summed E-state index contributed by atoms with van der Waals surface area (Å²) in [6.45, 7) is 3.31. The van der Waals surface area contributed by atoms with E-state index in [-0.39, 0.29) is 0 Å². The Bertz CT molecular complexity index is 164. The average molecular weight is 179 g/mol. The largest absolute Gasteiger partial charge is 0.313 e. The van der Waals surface area contributed by atoms with Crippen LogP contribution >= 0.6 is 0 Å². The zero-order chi connectivity index (χ0) is 9.52. The van der Waals surface area contributed by atoms with Crippen LogP contribution in [-0.4, -0.2) is 12.6 Å². The Balaban J connectivity index is 2.16. The maximum absolute atomic E-state index is 5.35.